The van der Waals surface area contributed by atoms with Crippen LogP contribution in [0.4, 0.5) is 5.69 Å². The van der Waals surface area contributed by atoms with Crippen LogP contribution in [0, 0.1) is 0 Å². The van der Waals surface area contributed by atoms with Crippen molar-refractivity contribution in [1.29, 1.82) is 0 Å². The molecule has 1 unspecified atom stereocenters. The number of hydrogen-bond acceptors (Lipinski definition) is 3. The number of hydrogen-bond donors (Lipinski definition) is 3. The molecule has 0 saturated carbocycles. The average molecular weight is 308 g/mol. The lowest BCUT2D eigenvalue weighted by Crippen LogP contribution is -2.31. The first-order valence-corrected chi connectivity index (χ1v) is 7.70. The third-order valence-corrected chi connectivity index (χ3v) is 3.17. The summed E-state index contributed by atoms with van der Waals surface area (Å²) in [6.45, 7) is 1.87. The van der Waals surface area contributed by atoms with E-state index in [9.17, 15) is 8.42 Å². The molecule has 8 heteroatoms. The third kappa shape index (κ3) is 4.67. The first-order valence-electron chi connectivity index (χ1n) is 5.02. The van der Waals surface area contributed by atoms with Crippen molar-refractivity contribution in [3.8, 4) is 0 Å². The number of anilines is 1. The molecule has 0 aromatic heterocycles. The predicted molar refractivity (Wildman–Crippen MR) is 78.3 cm³/mol. The van der Waals surface area contributed by atoms with Crippen molar-refractivity contribution in [2.24, 2.45) is 5.73 Å². The molecule has 18 heavy (non-hydrogen) atoms. The van der Waals surface area contributed by atoms with Crippen molar-refractivity contribution in [2.75, 3.05) is 11.0 Å². The summed E-state index contributed by atoms with van der Waals surface area (Å²) < 4.78 is 24.5. The Morgan fingerprint density at radius 3 is 2.56 bits per heavy atom. The first kappa shape index (κ1) is 15.0. The molecule has 1 aromatic rings. The van der Waals surface area contributed by atoms with E-state index in [-0.39, 0.29) is 11.2 Å². The van der Waals surface area contributed by atoms with Crippen molar-refractivity contribution in [1.82, 2.24) is 5.32 Å². The highest BCUT2D eigenvalue weighted by Crippen LogP contribution is 2.26. The molecule has 5 nitrogen and oxygen atoms in total. The van der Waals surface area contributed by atoms with E-state index in [1.165, 1.54) is 0 Å². The number of benzene rings is 1. The van der Waals surface area contributed by atoms with Gasteiger partial charge in [-0.2, -0.15) is 0 Å². The van der Waals surface area contributed by atoms with Crippen LogP contribution in [0.3, 0.4) is 0 Å². The molecule has 0 heterocycles. The van der Waals surface area contributed by atoms with Gasteiger partial charge in [-0.15, -0.1) is 0 Å². The normalized spacial score (nSPS) is 12.8. The summed E-state index contributed by atoms with van der Waals surface area (Å²) in [7, 11) is -3.34. The molecule has 1 aromatic carbocycles. The largest absolute Gasteiger partial charge is 0.376 e. The minimum Gasteiger partial charge on any atom is -0.376 e. The lowest BCUT2D eigenvalue weighted by molar-refractivity contribution is 0.607. The molecule has 0 spiro atoms. The van der Waals surface area contributed by atoms with Crippen LogP contribution in [-0.2, 0) is 10.0 Å². The van der Waals surface area contributed by atoms with Crippen LogP contribution in [0.1, 0.15) is 18.5 Å². The maximum absolute atomic E-state index is 11.1. The van der Waals surface area contributed by atoms with Crippen LogP contribution >= 0.6 is 23.8 Å². The van der Waals surface area contributed by atoms with Crippen LogP contribution in [0.25, 0.3) is 0 Å². The molecular weight excluding hydrogens is 294 g/mol. The summed E-state index contributed by atoms with van der Waals surface area (Å²) in [4.78, 5) is 0. The van der Waals surface area contributed by atoms with Gasteiger partial charge in [-0.05, 0) is 36.8 Å². The van der Waals surface area contributed by atoms with Gasteiger partial charge < -0.3 is 11.1 Å². The zero-order valence-corrected chi connectivity index (χ0v) is 12.3. The van der Waals surface area contributed by atoms with E-state index >= 15 is 0 Å². The van der Waals surface area contributed by atoms with Gasteiger partial charge in [-0.3, -0.25) is 4.72 Å². The van der Waals surface area contributed by atoms with E-state index in [1.54, 1.807) is 18.2 Å². The van der Waals surface area contributed by atoms with Crippen molar-refractivity contribution in [2.45, 2.75) is 13.0 Å². The maximum atomic E-state index is 11.1. The SMILES string of the molecule is CC(NC(N)=S)c1ccc(NS(C)(=O)=O)c(Cl)c1. The lowest BCUT2D eigenvalue weighted by atomic mass is 10.1. The summed E-state index contributed by atoms with van der Waals surface area (Å²) in [6, 6.07) is 4.89. The molecule has 0 aliphatic heterocycles. The molecule has 0 aliphatic carbocycles. The second kappa shape index (κ2) is 5.73. The van der Waals surface area contributed by atoms with Crippen molar-refractivity contribution in [3.63, 3.8) is 0 Å². The number of sulfonamides is 1. The molecule has 1 atom stereocenters. The van der Waals surface area contributed by atoms with Crippen molar-refractivity contribution in [3.05, 3.63) is 28.8 Å². The zero-order chi connectivity index (χ0) is 13.9. The van der Waals surface area contributed by atoms with E-state index in [1.807, 2.05) is 6.92 Å². The van der Waals surface area contributed by atoms with Crippen LogP contribution in [0.2, 0.25) is 5.02 Å². The van der Waals surface area contributed by atoms with E-state index in [0.717, 1.165) is 11.8 Å². The van der Waals surface area contributed by atoms with Crippen molar-refractivity contribution >= 4 is 44.6 Å². The Balaban J connectivity index is 2.95. The Bertz CT molecular complexity index is 560. The summed E-state index contributed by atoms with van der Waals surface area (Å²) in [6.07, 6.45) is 1.06. The zero-order valence-electron chi connectivity index (χ0n) is 9.90. The van der Waals surface area contributed by atoms with E-state index in [0.29, 0.717) is 10.7 Å². The Morgan fingerprint density at radius 2 is 2.11 bits per heavy atom. The van der Waals surface area contributed by atoms with Gasteiger partial charge in [0.15, 0.2) is 5.11 Å². The minimum atomic E-state index is -3.34. The maximum Gasteiger partial charge on any atom is 0.229 e. The van der Waals surface area contributed by atoms with Gasteiger partial charge in [0, 0.05) is 0 Å². The standard InChI is InChI=1S/C10H14ClN3O2S2/c1-6(13-10(12)17)7-3-4-9(8(11)5-7)14-18(2,15)16/h3-6,14H,1-2H3,(H3,12,13,17). The van der Waals surface area contributed by atoms with E-state index in [2.05, 4.69) is 10.0 Å². The molecule has 0 aliphatic rings. The summed E-state index contributed by atoms with van der Waals surface area (Å²) in [5.74, 6) is 0. The highest BCUT2D eigenvalue weighted by molar-refractivity contribution is 7.92. The minimum absolute atomic E-state index is 0.104. The Morgan fingerprint density at radius 1 is 1.50 bits per heavy atom. The quantitative estimate of drug-likeness (QED) is 0.736. The molecule has 0 saturated heterocycles. The van der Waals surface area contributed by atoms with Gasteiger partial charge >= 0.3 is 0 Å². The molecule has 100 valence electrons. The number of thiocarbonyl (C=S) groups is 1. The predicted octanol–water partition coefficient (Wildman–Crippen LogP) is 1.61. The fourth-order valence-electron chi connectivity index (χ4n) is 1.38. The van der Waals surface area contributed by atoms with Gasteiger partial charge in [-0.25, -0.2) is 8.42 Å². The second-order valence-corrected chi connectivity index (χ2v) is 6.44. The fraction of sp³-hybridized carbons (Fsp3) is 0.300. The monoisotopic (exact) mass is 307 g/mol. The fourth-order valence-corrected chi connectivity index (χ4v) is 2.43. The number of halogens is 1. The van der Waals surface area contributed by atoms with Gasteiger partial charge in [-0.1, -0.05) is 17.7 Å². The van der Waals surface area contributed by atoms with Crippen LogP contribution in [-0.4, -0.2) is 19.8 Å². The van der Waals surface area contributed by atoms with Crippen LogP contribution < -0.4 is 15.8 Å². The van der Waals surface area contributed by atoms with E-state index < -0.39 is 10.0 Å². The highest BCUT2D eigenvalue weighted by Gasteiger charge is 2.10. The first-order chi connectivity index (χ1) is 8.19. The van der Waals surface area contributed by atoms with Crippen molar-refractivity contribution < 1.29 is 8.42 Å². The third-order valence-electron chi connectivity index (χ3n) is 2.15. The van der Waals surface area contributed by atoms with E-state index in [4.69, 9.17) is 29.6 Å². The molecule has 0 fully saturated rings. The summed E-state index contributed by atoms with van der Waals surface area (Å²) in [5.41, 5.74) is 6.57. The van der Waals surface area contributed by atoms with Gasteiger partial charge in [0.05, 0.1) is 23.0 Å². The Labute approximate surface area is 117 Å². The number of nitrogens with two attached hydrogens (primary N) is 1. The molecule has 0 amide bonds. The molecule has 0 bridgehead atoms. The van der Waals surface area contributed by atoms with Gasteiger partial charge in [0.2, 0.25) is 10.0 Å². The number of rotatable bonds is 4. The van der Waals surface area contributed by atoms with Gasteiger partial charge in [0.1, 0.15) is 0 Å². The lowest BCUT2D eigenvalue weighted by Gasteiger charge is -2.15. The average Bonchev–Trinajstić information content (AvgIpc) is 2.18. The number of nitrogens with one attached hydrogen (secondary N) is 2. The molecule has 1 rings (SSSR count). The molecule has 0 radical (unpaired) electrons. The van der Waals surface area contributed by atoms with Gasteiger partial charge in [0.25, 0.3) is 0 Å². The highest BCUT2D eigenvalue weighted by atomic mass is 35.5. The Hall–Kier alpha value is -1.05. The summed E-state index contributed by atoms with van der Waals surface area (Å²) >= 11 is 10.7. The summed E-state index contributed by atoms with van der Waals surface area (Å²) in [5, 5.41) is 3.37. The molecule has 4 N–H and O–H groups in total. The molecular formula is C10H14ClN3O2S2. The second-order valence-electron chi connectivity index (χ2n) is 3.84. The van der Waals surface area contributed by atoms with Crippen LogP contribution in [0.5, 0.6) is 0 Å². The van der Waals surface area contributed by atoms with Crippen LogP contribution in [0.15, 0.2) is 18.2 Å². The Kier molecular flexibility index (Phi) is 4.78. The topological polar surface area (TPSA) is 84.2 Å². The smallest absolute Gasteiger partial charge is 0.229 e.